The van der Waals surface area contributed by atoms with Crippen LogP contribution in [-0.4, -0.2) is 27.2 Å². The first kappa shape index (κ1) is 10.9. The molecule has 76 valence electrons. The summed E-state index contributed by atoms with van der Waals surface area (Å²) in [5, 5.41) is 12.2. The molecule has 13 heavy (non-hydrogen) atoms. The second-order valence-electron chi connectivity index (χ2n) is 4.38. The zero-order valence-electron chi connectivity index (χ0n) is 8.39. The van der Waals surface area contributed by atoms with E-state index >= 15 is 0 Å². The summed E-state index contributed by atoms with van der Waals surface area (Å²) >= 11 is 1.51. The number of carboxylic acid groups (broad SMARTS) is 1. The molecule has 3 nitrogen and oxygen atoms in total. The lowest BCUT2D eigenvalue weighted by atomic mass is 10.2. The Kier molecular flexibility index (Phi) is 2.92. The number of hydrogen-bond donors (Lipinski definition) is 2. The molecule has 1 saturated heterocycles. The van der Waals surface area contributed by atoms with E-state index in [0.717, 1.165) is 19.4 Å². The van der Waals surface area contributed by atoms with Gasteiger partial charge in [0.1, 0.15) is 0 Å². The van der Waals surface area contributed by atoms with Crippen LogP contribution in [0, 0.1) is 0 Å². The van der Waals surface area contributed by atoms with Crippen LogP contribution in [0.15, 0.2) is 0 Å². The van der Waals surface area contributed by atoms with Gasteiger partial charge in [0.15, 0.2) is 4.87 Å². The summed E-state index contributed by atoms with van der Waals surface area (Å²) in [7, 11) is 0. The number of hydrogen-bond acceptors (Lipinski definition) is 3. The number of rotatable bonds is 2. The van der Waals surface area contributed by atoms with Gasteiger partial charge >= 0.3 is 5.97 Å². The molecule has 0 aromatic heterocycles. The van der Waals surface area contributed by atoms with E-state index in [2.05, 4.69) is 5.32 Å². The van der Waals surface area contributed by atoms with Gasteiger partial charge in [-0.1, -0.05) is 20.8 Å². The highest BCUT2D eigenvalue weighted by atomic mass is 32.2. The van der Waals surface area contributed by atoms with E-state index < -0.39 is 10.8 Å². The fraction of sp³-hybridized carbons (Fsp3) is 0.889. The fourth-order valence-corrected chi connectivity index (χ4v) is 3.11. The highest BCUT2D eigenvalue weighted by Gasteiger charge is 2.44. The quantitative estimate of drug-likeness (QED) is 0.717. The van der Waals surface area contributed by atoms with E-state index in [4.69, 9.17) is 5.11 Å². The van der Waals surface area contributed by atoms with Crippen LogP contribution in [0.5, 0.6) is 0 Å². The Balaban J connectivity index is 2.74. The molecule has 0 aromatic rings. The van der Waals surface area contributed by atoms with Crippen molar-refractivity contribution in [3.05, 3.63) is 0 Å². The van der Waals surface area contributed by atoms with Gasteiger partial charge in [0, 0.05) is 4.75 Å². The van der Waals surface area contributed by atoms with E-state index in [9.17, 15) is 4.79 Å². The van der Waals surface area contributed by atoms with Gasteiger partial charge in [0.25, 0.3) is 0 Å². The third-order valence-electron chi connectivity index (χ3n) is 1.94. The minimum Gasteiger partial charge on any atom is -0.479 e. The smallest absolute Gasteiger partial charge is 0.334 e. The van der Waals surface area contributed by atoms with Crippen LogP contribution < -0.4 is 5.32 Å². The van der Waals surface area contributed by atoms with E-state index in [0.29, 0.717) is 0 Å². The predicted molar refractivity (Wildman–Crippen MR) is 54.9 cm³/mol. The zero-order valence-corrected chi connectivity index (χ0v) is 9.20. The van der Waals surface area contributed by atoms with Crippen molar-refractivity contribution in [3.8, 4) is 0 Å². The van der Waals surface area contributed by atoms with Gasteiger partial charge in [0.05, 0.1) is 0 Å². The van der Waals surface area contributed by atoms with Crippen molar-refractivity contribution >= 4 is 17.7 Å². The van der Waals surface area contributed by atoms with Gasteiger partial charge in [-0.15, -0.1) is 11.8 Å². The van der Waals surface area contributed by atoms with E-state index in [1.807, 2.05) is 20.8 Å². The summed E-state index contributed by atoms with van der Waals surface area (Å²) in [5.74, 6) is -0.732. The maximum absolute atomic E-state index is 11.1. The van der Waals surface area contributed by atoms with Gasteiger partial charge in [0.2, 0.25) is 0 Å². The molecule has 1 aliphatic heterocycles. The lowest BCUT2D eigenvalue weighted by Gasteiger charge is -2.31. The lowest BCUT2D eigenvalue weighted by molar-refractivity contribution is -0.140. The fourth-order valence-electron chi connectivity index (χ4n) is 1.55. The first-order chi connectivity index (χ1) is 5.86. The minimum atomic E-state index is -0.738. The van der Waals surface area contributed by atoms with Gasteiger partial charge in [-0.2, -0.15) is 0 Å². The van der Waals surface area contributed by atoms with Gasteiger partial charge in [-0.25, -0.2) is 4.79 Å². The van der Waals surface area contributed by atoms with Gasteiger partial charge in [-0.3, -0.25) is 5.32 Å². The Morgan fingerprint density at radius 1 is 1.54 bits per heavy atom. The maximum Gasteiger partial charge on any atom is 0.334 e. The number of carboxylic acids is 1. The second kappa shape index (κ2) is 3.50. The van der Waals surface area contributed by atoms with E-state index in [-0.39, 0.29) is 4.75 Å². The Morgan fingerprint density at radius 3 is 2.46 bits per heavy atom. The predicted octanol–water partition coefficient (Wildman–Crippen LogP) is 1.68. The minimum absolute atomic E-state index is 0.0181. The Labute approximate surface area is 83.3 Å². The summed E-state index contributed by atoms with van der Waals surface area (Å²) in [6.07, 6.45) is 1.68. The third kappa shape index (κ3) is 2.61. The summed E-state index contributed by atoms with van der Waals surface area (Å²) in [6, 6.07) is 0. The van der Waals surface area contributed by atoms with Crippen LogP contribution in [0.1, 0.15) is 33.6 Å². The maximum atomic E-state index is 11.1. The molecular formula is C9H17NO2S. The lowest BCUT2D eigenvalue weighted by Crippen LogP contribution is -2.46. The Morgan fingerprint density at radius 2 is 2.15 bits per heavy atom. The molecule has 1 aliphatic rings. The summed E-state index contributed by atoms with van der Waals surface area (Å²) in [5.41, 5.74) is 0. The third-order valence-corrected chi connectivity index (χ3v) is 3.43. The monoisotopic (exact) mass is 203 g/mol. The second-order valence-corrected chi connectivity index (χ2v) is 6.50. The molecule has 1 fully saturated rings. The number of aliphatic carboxylic acids is 1. The van der Waals surface area contributed by atoms with Crippen LogP contribution in [0.25, 0.3) is 0 Å². The number of carbonyl (C=O) groups is 1. The van der Waals surface area contributed by atoms with Gasteiger partial charge < -0.3 is 5.11 Å². The highest BCUT2D eigenvalue weighted by Crippen LogP contribution is 2.40. The van der Waals surface area contributed by atoms with E-state index in [1.165, 1.54) is 11.8 Å². The standard InChI is InChI=1S/C9H17NO2S/c1-8(2,3)13-9(7(11)12)5-4-6-10-9/h10H,4-6H2,1-3H3,(H,11,12). The van der Waals surface area contributed by atoms with Crippen LogP contribution in [0.3, 0.4) is 0 Å². The first-order valence-corrected chi connectivity index (χ1v) is 5.36. The average Bonchev–Trinajstić information content (AvgIpc) is 2.33. The Bertz CT molecular complexity index is 204. The largest absolute Gasteiger partial charge is 0.479 e. The van der Waals surface area contributed by atoms with Crippen LogP contribution >= 0.6 is 11.8 Å². The van der Waals surface area contributed by atoms with E-state index in [1.54, 1.807) is 0 Å². The van der Waals surface area contributed by atoms with Crippen molar-refractivity contribution in [3.63, 3.8) is 0 Å². The molecule has 1 heterocycles. The first-order valence-electron chi connectivity index (χ1n) is 4.54. The van der Waals surface area contributed by atoms with Crippen LogP contribution in [0.4, 0.5) is 0 Å². The molecule has 0 bridgehead atoms. The van der Waals surface area contributed by atoms with Crippen molar-refractivity contribution in [2.45, 2.75) is 43.2 Å². The molecule has 2 N–H and O–H groups in total. The van der Waals surface area contributed by atoms with Crippen molar-refractivity contribution < 1.29 is 9.90 Å². The molecule has 0 saturated carbocycles. The molecule has 0 radical (unpaired) electrons. The number of thioether (sulfide) groups is 1. The SMILES string of the molecule is CC(C)(C)SC1(C(=O)O)CCCN1. The van der Waals surface area contributed by atoms with Gasteiger partial charge in [-0.05, 0) is 19.4 Å². The molecule has 1 atom stereocenters. The number of nitrogens with one attached hydrogen (secondary N) is 1. The summed E-state index contributed by atoms with van der Waals surface area (Å²) in [6.45, 7) is 6.95. The Hall–Kier alpha value is -0.220. The van der Waals surface area contributed by atoms with Crippen molar-refractivity contribution in [1.29, 1.82) is 0 Å². The molecular weight excluding hydrogens is 186 g/mol. The molecule has 1 rings (SSSR count). The van der Waals surface area contributed by atoms with Crippen molar-refractivity contribution in [2.24, 2.45) is 0 Å². The molecule has 1 unspecified atom stereocenters. The summed E-state index contributed by atoms with van der Waals surface area (Å²) in [4.78, 5) is 10.4. The molecule has 4 heteroatoms. The zero-order chi connectivity index (χ0) is 10.1. The molecule has 0 aromatic carbocycles. The summed E-state index contributed by atoms with van der Waals surface area (Å²) < 4.78 is -0.0181. The molecule has 0 amide bonds. The highest BCUT2D eigenvalue weighted by molar-refractivity contribution is 8.02. The van der Waals surface area contributed by atoms with Crippen molar-refractivity contribution in [1.82, 2.24) is 5.32 Å². The molecule has 0 aliphatic carbocycles. The molecule has 0 spiro atoms. The van der Waals surface area contributed by atoms with Crippen LogP contribution in [0.2, 0.25) is 0 Å². The van der Waals surface area contributed by atoms with Crippen LogP contribution in [-0.2, 0) is 4.79 Å². The topological polar surface area (TPSA) is 49.3 Å². The van der Waals surface area contributed by atoms with Crippen molar-refractivity contribution in [2.75, 3.05) is 6.54 Å². The average molecular weight is 203 g/mol. The normalized spacial score (nSPS) is 29.2.